The molecule has 8 heteroatoms. The first-order valence-electron chi connectivity index (χ1n) is 10.1. The van der Waals surface area contributed by atoms with Gasteiger partial charge in [-0.2, -0.15) is 5.10 Å². The molecule has 1 aromatic carbocycles. The topological polar surface area (TPSA) is 76.4 Å². The molecule has 3 aromatic rings. The zero-order chi connectivity index (χ0) is 21.1. The smallest absolute Gasteiger partial charge is 0.263 e. The van der Waals surface area contributed by atoms with Crippen molar-refractivity contribution in [2.45, 2.75) is 26.9 Å². The molecule has 3 heterocycles. The Hall–Kier alpha value is -3.42. The first-order valence-corrected chi connectivity index (χ1v) is 10.1. The molecule has 156 valence electrons. The van der Waals surface area contributed by atoms with Gasteiger partial charge in [-0.15, -0.1) is 0 Å². The third-order valence-corrected chi connectivity index (χ3v) is 5.18. The molecule has 0 aliphatic carbocycles. The molecular weight excluding hydrogens is 380 g/mol. The van der Waals surface area contributed by atoms with Gasteiger partial charge in [-0.3, -0.25) is 4.79 Å². The summed E-state index contributed by atoms with van der Waals surface area (Å²) >= 11 is 0. The predicted octanol–water partition coefficient (Wildman–Crippen LogP) is 2.40. The summed E-state index contributed by atoms with van der Waals surface area (Å²) in [6.07, 6.45) is 1.05. The quantitative estimate of drug-likeness (QED) is 0.648. The number of para-hydroxylation sites is 1. The lowest BCUT2D eigenvalue weighted by atomic mass is 10.2. The Morgan fingerprint density at radius 2 is 1.70 bits per heavy atom. The van der Waals surface area contributed by atoms with Crippen LogP contribution in [0.4, 0.5) is 5.82 Å². The van der Waals surface area contributed by atoms with Crippen molar-refractivity contribution in [2.75, 3.05) is 31.1 Å². The molecule has 8 nitrogen and oxygen atoms in total. The third kappa shape index (κ3) is 4.27. The fourth-order valence-corrected chi connectivity index (χ4v) is 3.65. The number of hydrogen-bond acceptors (Lipinski definition) is 6. The SMILES string of the molecule is Cc1cc(C)n(-c2cc(N3CCN(C(=O)[C@@H](C)Oc4ccccc4)CC3)ncn2)n1. The Labute approximate surface area is 176 Å². The van der Waals surface area contributed by atoms with Crippen LogP contribution in [0.3, 0.4) is 0 Å². The van der Waals surface area contributed by atoms with Gasteiger partial charge in [-0.25, -0.2) is 14.6 Å². The second-order valence-corrected chi connectivity index (χ2v) is 7.46. The van der Waals surface area contributed by atoms with Gasteiger partial charge in [0.05, 0.1) is 5.69 Å². The van der Waals surface area contributed by atoms with Crippen molar-refractivity contribution in [1.29, 1.82) is 0 Å². The summed E-state index contributed by atoms with van der Waals surface area (Å²) in [5, 5.41) is 4.50. The molecule has 1 saturated heterocycles. The molecule has 2 aromatic heterocycles. The van der Waals surface area contributed by atoms with Crippen LogP contribution in [-0.4, -0.2) is 62.8 Å². The maximum absolute atomic E-state index is 12.8. The van der Waals surface area contributed by atoms with Crippen molar-refractivity contribution in [3.05, 3.63) is 60.2 Å². The van der Waals surface area contributed by atoms with E-state index in [1.165, 1.54) is 0 Å². The molecular formula is C22H26N6O2. The zero-order valence-electron chi connectivity index (χ0n) is 17.5. The molecule has 0 saturated carbocycles. The van der Waals surface area contributed by atoms with Crippen LogP contribution in [0.25, 0.3) is 5.82 Å². The summed E-state index contributed by atoms with van der Waals surface area (Å²) in [4.78, 5) is 25.6. The number of anilines is 1. The van der Waals surface area contributed by atoms with Gasteiger partial charge in [0.15, 0.2) is 11.9 Å². The molecule has 4 rings (SSSR count). The van der Waals surface area contributed by atoms with Gasteiger partial charge < -0.3 is 14.5 Å². The average molecular weight is 406 g/mol. The molecule has 1 aliphatic heterocycles. The van der Waals surface area contributed by atoms with Crippen molar-refractivity contribution in [1.82, 2.24) is 24.6 Å². The molecule has 0 spiro atoms. The van der Waals surface area contributed by atoms with E-state index in [9.17, 15) is 4.79 Å². The Morgan fingerprint density at radius 1 is 1.00 bits per heavy atom. The number of rotatable bonds is 5. The van der Waals surface area contributed by atoms with Crippen LogP contribution in [0.15, 0.2) is 48.8 Å². The normalized spacial score (nSPS) is 15.2. The van der Waals surface area contributed by atoms with Gasteiger partial charge in [0.25, 0.3) is 5.91 Å². The summed E-state index contributed by atoms with van der Waals surface area (Å²) < 4.78 is 7.61. The van der Waals surface area contributed by atoms with Crippen LogP contribution in [-0.2, 0) is 4.79 Å². The van der Waals surface area contributed by atoms with Gasteiger partial charge in [0, 0.05) is 37.9 Å². The van der Waals surface area contributed by atoms with Crippen LogP contribution in [0.1, 0.15) is 18.3 Å². The van der Waals surface area contributed by atoms with E-state index in [2.05, 4.69) is 20.0 Å². The van der Waals surface area contributed by atoms with E-state index in [1.54, 1.807) is 13.3 Å². The zero-order valence-corrected chi connectivity index (χ0v) is 17.5. The number of aryl methyl sites for hydroxylation is 2. The molecule has 1 aliphatic rings. The van der Waals surface area contributed by atoms with E-state index in [0.717, 1.165) is 23.0 Å². The molecule has 1 fully saturated rings. The van der Waals surface area contributed by atoms with E-state index >= 15 is 0 Å². The summed E-state index contributed by atoms with van der Waals surface area (Å²) in [7, 11) is 0. The number of hydrogen-bond donors (Lipinski definition) is 0. The summed E-state index contributed by atoms with van der Waals surface area (Å²) in [6.45, 7) is 8.43. The van der Waals surface area contributed by atoms with Crippen molar-refractivity contribution >= 4 is 11.7 Å². The van der Waals surface area contributed by atoms with Crippen LogP contribution >= 0.6 is 0 Å². The lowest BCUT2D eigenvalue weighted by Gasteiger charge is -2.36. The molecule has 1 atom stereocenters. The lowest BCUT2D eigenvalue weighted by Crippen LogP contribution is -2.52. The number of carbonyl (C=O) groups excluding carboxylic acids is 1. The first-order chi connectivity index (χ1) is 14.5. The van der Waals surface area contributed by atoms with Gasteiger partial charge >= 0.3 is 0 Å². The predicted molar refractivity (Wildman–Crippen MR) is 114 cm³/mol. The lowest BCUT2D eigenvalue weighted by molar-refractivity contribution is -0.138. The van der Waals surface area contributed by atoms with Crippen LogP contribution in [0.5, 0.6) is 5.75 Å². The molecule has 30 heavy (non-hydrogen) atoms. The summed E-state index contributed by atoms with van der Waals surface area (Å²) in [6, 6.07) is 13.4. The third-order valence-electron chi connectivity index (χ3n) is 5.18. The minimum atomic E-state index is -0.518. The second-order valence-electron chi connectivity index (χ2n) is 7.46. The highest BCUT2D eigenvalue weighted by Crippen LogP contribution is 2.18. The van der Waals surface area contributed by atoms with Crippen LogP contribution < -0.4 is 9.64 Å². The van der Waals surface area contributed by atoms with Gasteiger partial charge in [-0.1, -0.05) is 18.2 Å². The van der Waals surface area contributed by atoms with Crippen molar-refractivity contribution in [3.63, 3.8) is 0 Å². The number of ether oxygens (including phenoxy) is 1. The molecule has 0 unspecified atom stereocenters. The molecule has 0 bridgehead atoms. The number of piperazine rings is 1. The van der Waals surface area contributed by atoms with E-state index in [-0.39, 0.29) is 5.91 Å². The summed E-state index contributed by atoms with van der Waals surface area (Å²) in [5.74, 6) is 2.29. The van der Waals surface area contributed by atoms with E-state index < -0.39 is 6.10 Å². The highest BCUT2D eigenvalue weighted by atomic mass is 16.5. The van der Waals surface area contributed by atoms with Crippen LogP contribution in [0.2, 0.25) is 0 Å². The van der Waals surface area contributed by atoms with Crippen molar-refractivity contribution in [3.8, 4) is 11.6 Å². The molecule has 1 amide bonds. The Morgan fingerprint density at radius 3 is 2.37 bits per heavy atom. The average Bonchev–Trinajstić information content (AvgIpc) is 3.12. The first kappa shape index (κ1) is 19.9. The number of nitrogens with zero attached hydrogens (tertiary/aromatic N) is 6. The van der Waals surface area contributed by atoms with Crippen molar-refractivity contribution < 1.29 is 9.53 Å². The number of benzene rings is 1. The molecule has 0 radical (unpaired) electrons. The Balaban J connectivity index is 1.38. The second kappa shape index (κ2) is 8.52. The van der Waals surface area contributed by atoms with Gasteiger partial charge in [0.1, 0.15) is 17.9 Å². The highest BCUT2D eigenvalue weighted by molar-refractivity contribution is 5.81. The van der Waals surface area contributed by atoms with E-state index in [1.807, 2.05) is 65.9 Å². The Bertz CT molecular complexity index is 1010. The number of carbonyl (C=O) groups is 1. The maximum atomic E-state index is 12.8. The van der Waals surface area contributed by atoms with E-state index in [0.29, 0.717) is 31.9 Å². The van der Waals surface area contributed by atoms with Gasteiger partial charge in [-0.05, 0) is 39.0 Å². The fourth-order valence-electron chi connectivity index (χ4n) is 3.65. The molecule has 0 N–H and O–H groups in total. The van der Waals surface area contributed by atoms with Gasteiger partial charge in [0.2, 0.25) is 0 Å². The number of amides is 1. The largest absolute Gasteiger partial charge is 0.481 e. The van der Waals surface area contributed by atoms with Crippen molar-refractivity contribution in [2.24, 2.45) is 0 Å². The standard InChI is InChI=1S/C22H26N6O2/c1-16-13-17(2)28(25-16)21-14-20(23-15-24-21)26-9-11-27(12-10-26)22(29)18(3)30-19-7-5-4-6-8-19/h4-8,13-15,18H,9-12H2,1-3H3/t18-/m1/s1. The minimum absolute atomic E-state index is 0.00419. The minimum Gasteiger partial charge on any atom is -0.481 e. The highest BCUT2D eigenvalue weighted by Gasteiger charge is 2.26. The maximum Gasteiger partial charge on any atom is 0.263 e. The Kier molecular flexibility index (Phi) is 5.65. The summed E-state index contributed by atoms with van der Waals surface area (Å²) in [5.41, 5.74) is 1.98. The monoisotopic (exact) mass is 406 g/mol. The van der Waals surface area contributed by atoms with Crippen LogP contribution in [0, 0.1) is 13.8 Å². The number of aromatic nitrogens is 4. The fraction of sp³-hybridized carbons (Fsp3) is 0.364. The van der Waals surface area contributed by atoms with E-state index in [4.69, 9.17) is 4.74 Å².